The second kappa shape index (κ2) is 5.58. The molecule has 4 nitrogen and oxygen atoms in total. The molecule has 4 heteroatoms. The van der Waals surface area contributed by atoms with Gasteiger partial charge < -0.3 is 10.6 Å². The maximum atomic E-state index is 4.65. The van der Waals surface area contributed by atoms with Crippen molar-refractivity contribution in [3.8, 4) is 0 Å². The molecule has 3 rings (SSSR count). The van der Waals surface area contributed by atoms with Gasteiger partial charge in [0, 0.05) is 25.6 Å². The lowest BCUT2D eigenvalue weighted by atomic mass is 9.98. The van der Waals surface area contributed by atoms with E-state index in [9.17, 15) is 0 Å². The minimum atomic E-state index is 0.353. The van der Waals surface area contributed by atoms with E-state index >= 15 is 0 Å². The van der Waals surface area contributed by atoms with Gasteiger partial charge in [0.05, 0.1) is 0 Å². The predicted molar refractivity (Wildman–Crippen MR) is 83.1 cm³/mol. The minimum Gasteiger partial charge on any atom is -0.373 e. The van der Waals surface area contributed by atoms with E-state index in [0.29, 0.717) is 5.92 Å². The number of hydrogen-bond donors (Lipinski definition) is 2. The molecular weight excluding hydrogens is 248 g/mol. The van der Waals surface area contributed by atoms with E-state index < -0.39 is 0 Å². The van der Waals surface area contributed by atoms with Gasteiger partial charge >= 0.3 is 0 Å². The molecule has 2 saturated carbocycles. The molecule has 20 heavy (non-hydrogen) atoms. The number of nitrogens with zero attached hydrogens (tertiary/aromatic N) is 2. The molecule has 0 radical (unpaired) electrons. The van der Waals surface area contributed by atoms with E-state index in [2.05, 4.69) is 34.4 Å². The number of nitrogens with one attached hydrogen (secondary N) is 2. The Kier molecular flexibility index (Phi) is 3.81. The van der Waals surface area contributed by atoms with Crippen molar-refractivity contribution in [2.45, 2.75) is 45.4 Å². The van der Waals surface area contributed by atoms with Crippen molar-refractivity contribution in [3.63, 3.8) is 0 Å². The molecular formula is C16H26N4. The molecule has 0 aromatic carbocycles. The molecule has 1 aromatic heterocycles. The van der Waals surface area contributed by atoms with Gasteiger partial charge in [-0.25, -0.2) is 9.97 Å². The third-order valence-corrected chi connectivity index (χ3v) is 4.49. The Morgan fingerprint density at radius 1 is 1.10 bits per heavy atom. The fraction of sp³-hybridized carbons (Fsp3) is 0.750. The van der Waals surface area contributed by atoms with Crippen molar-refractivity contribution >= 4 is 11.6 Å². The van der Waals surface area contributed by atoms with Gasteiger partial charge in [-0.1, -0.05) is 13.8 Å². The molecule has 0 atom stereocenters. The molecule has 110 valence electrons. The SMILES string of the molecule is CNc1cc(NCC(C2CC2)C2CC2)nc(C(C)C)n1. The maximum Gasteiger partial charge on any atom is 0.135 e. The van der Waals surface area contributed by atoms with Crippen molar-refractivity contribution in [3.05, 3.63) is 11.9 Å². The van der Waals surface area contributed by atoms with Crippen LogP contribution in [-0.2, 0) is 0 Å². The average Bonchev–Trinajstić information content (AvgIpc) is 3.31. The van der Waals surface area contributed by atoms with E-state index in [1.807, 2.05) is 13.1 Å². The monoisotopic (exact) mass is 274 g/mol. The second-order valence-corrected chi connectivity index (χ2v) is 6.62. The normalized spacial score (nSPS) is 18.6. The Balaban J connectivity index is 1.67. The fourth-order valence-electron chi connectivity index (χ4n) is 2.93. The van der Waals surface area contributed by atoms with Gasteiger partial charge in [-0.3, -0.25) is 0 Å². The third-order valence-electron chi connectivity index (χ3n) is 4.49. The Morgan fingerprint density at radius 3 is 2.20 bits per heavy atom. The first-order valence-corrected chi connectivity index (χ1v) is 7.98. The van der Waals surface area contributed by atoms with Crippen LogP contribution >= 0.6 is 0 Å². The van der Waals surface area contributed by atoms with Crippen LogP contribution in [0.1, 0.15) is 51.3 Å². The summed E-state index contributed by atoms with van der Waals surface area (Å²) in [6, 6.07) is 2.02. The largest absolute Gasteiger partial charge is 0.373 e. The van der Waals surface area contributed by atoms with Crippen LogP contribution in [0.3, 0.4) is 0 Å². The van der Waals surface area contributed by atoms with Crippen LogP contribution in [0.5, 0.6) is 0 Å². The van der Waals surface area contributed by atoms with Crippen LogP contribution in [0.4, 0.5) is 11.6 Å². The number of aromatic nitrogens is 2. The van der Waals surface area contributed by atoms with E-state index in [1.165, 1.54) is 25.7 Å². The van der Waals surface area contributed by atoms with Crippen LogP contribution in [0.25, 0.3) is 0 Å². The average molecular weight is 274 g/mol. The number of hydrogen-bond acceptors (Lipinski definition) is 4. The highest BCUT2D eigenvalue weighted by atomic mass is 15.1. The van der Waals surface area contributed by atoms with E-state index in [4.69, 9.17) is 0 Å². The molecule has 0 aliphatic heterocycles. The highest BCUT2D eigenvalue weighted by Gasteiger charge is 2.41. The Bertz CT molecular complexity index is 452. The molecule has 0 spiro atoms. The molecule has 2 fully saturated rings. The summed E-state index contributed by atoms with van der Waals surface area (Å²) in [5, 5.41) is 6.70. The first kappa shape index (κ1) is 13.7. The van der Waals surface area contributed by atoms with Gasteiger partial charge in [0.1, 0.15) is 17.5 Å². The summed E-state index contributed by atoms with van der Waals surface area (Å²) in [5.74, 6) is 5.96. The third kappa shape index (κ3) is 3.22. The second-order valence-electron chi connectivity index (χ2n) is 6.62. The Morgan fingerprint density at radius 2 is 1.70 bits per heavy atom. The summed E-state index contributed by atoms with van der Waals surface area (Å²) in [6.45, 7) is 5.35. The van der Waals surface area contributed by atoms with Gasteiger partial charge in [0.15, 0.2) is 0 Å². The molecule has 0 amide bonds. The molecule has 1 heterocycles. The molecule has 0 bridgehead atoms. The number of rotatable bonds is 7. The van der Waals surface area contributed by atoms with E-state index in [0.717, 1.165) is 41.8 Å². The molecule has 2 aliphatic rings. The summed E-state index contributed by atoms with van der Waals surface area (Å²) < 4.78 is 0. The van der Waals surface area contributed by atoms with Crippen LogP contribution in [0.15, 0.2) is 6.07 Å². The van der Waals surface area contributed by atoms with Crippen molar-refractivity contribution in [2.75, 3.05) is 24.2 Å². The van der Waals surface area contributed by atoms with Crippen molar-refractivity contribution in [1.29, 1.82) is 0 Å². The van der Waals surface area contributed by atoms with Crippen LogP contribution < -0.4 is 10.6 Å². The van der Waals surface area contributed by atoms with Gasteiger partial charge in [-0.05, 0) is 43.4 Å². The zero-order valence-electron chi connectivity index (χ0n) is 12.8. The van der Waals surface area contributed by atoms with Gasteiger partial charge in [-0.2, -0.15) is 0 Å². The van der Waals surface area contributed by atoms with Gasteiger partial charge in [0.2, 0.25) is 0 Å². The lowest BCUT2D eigenvalue weighted by Crippen LogP contribution is -2.19. The van der Waals surface area contributed by atoms with Crippen molar-refractivity contribution < 1.29 is 0 Å². The lowest BCUT2D eigenvalue weighted by Gasteiger charge is -2.17. The van der Waals surface area contributed by atoms with Gasteiger partial charge in [0.25, 0.3) is 0 Å². The topological polar surface area (TPSA) is 49.8 Å². The van der Waals surface area contributed by atoms with Crippen LogP contribution in [0.2, 0.25) is 0 Å². The Hall–Kier alpha value is -1.32. The maximum absolute atomic E-state index is 4.65. The van der Waals surface area contributed by atoms with Crippen molar-refractivity contribution in [1.82, 2.24) is 9.97 Å². The van der Waals surface area contributed by atoms with Crippen LogP contribution in [0, 0.1) is 17.8 Å². The highest BCUT2D eigenvalue weighted by Crippen LogP contribution is 2.49. The van der Waals surface area contributed by atoms with Gasteiger partial charge in [-0.15, -0.1) is 0 Å². The summed E-state index contributed by atoms with van der Waals surface area (Å²) in [6.07, 6.45) is 5.74. The van der Waals surface area contributed by atoms with Crippen LogP contribution in [-0.4, -0.2) is 23.6 Å². The smallest absolute Gasteiger partial charge is 0.135 e. The summed E-state index contributed by atoms with van der Waals surface area (Å²) in [5.41, 5.74) is 0. The summed E-state index contributed by atoms with van der Waals surface area (Å²) in [4.78, 5) is 9.16. The summed E-state index contributed by atoms with van der Waals surface area (Å²) >= 11 is 0. The molecule has 0 unspecified atom stereocenters. The van der Waals surface area contributed by atoms with E-state index in [1.54, 1.807) is 0 Å². The first-order chi connectivity index (χ1) is 9.67. The number of anilines is 2. The molecule has 0 saturated heterocycles. The first-order valence-electron chi connectivity index (χ1n) is 7.98. The highest BCUT2D eigenvalue weighted by molar-refractivity contribution is 5.47. The summed E-state index contributed by atoms with van der Waals surface area (Å²) in [7, 11) is 1.91. The van der Waals surface area contributed by atoms with E-state index in [-0.39, 0.29) is 0 Å². The zero-order valence-corrected chi connectivity index (χ0v) is 12.8. The zero-order chi connectivity index (χ0) is 14.1. The predicted octanol–water partition coefficient (Wildman–Crippen LogP) is 3.49. The molecule has 2 aliphatic carbocycles. The fourth-order valence-corrected chi connectivity index (χ4v) is 2.93. The Labute approximate surface area is 121 Å². The minimum absolute atomic E-state index is 0.353. The standard InChI is InChI=1S/C16H26N4/c1-10(2)16-19-14(17-3)8-15(20-16)18-9-13(11-4-5-11)12-6-7-12/h8,10-13H,4-7,9H2,1-3H3,(H2,17,18,19,20). The molecule has 2 N–H and O–H groups in total. The van der Waals surface area contributed by atoms with Crippen molar-refractivity contribution in [2.24, 2.45) is 17.8 Å². The molecule has 1 aromatic rings. The quantitative estimate of drug-likeness (QED) is 0.799. The lowest BCUT2D eigenvalue weighted by molar-refractivity contribution is 0.427.